The van der Waals surface area contributed by atoms with Crippen LogP contribution in [0.1, 0.15) is 0 Å². The lowest BCUT2D eigenvalue weighted by atomic mass is 10.2. The summed E-state index contributed by atoms with van der Waals surface area (Å²) in [7, 11) is 1.65. The summed E-state index contributed by atoms with van der Waals surface area (Å²) in [5.74, 6) is 2.07. The third-order valence-corrected chi connectivity index (χ3v) is 2.92. The van der Waals surface area contributed by atoms with Crippen molar-refractivity contribution < 1.29 is 14.4 Å². The summed E-state index contributed by atoms with van der Waals surface area (Å²) in [4.78, 5) is 14.7. The van der Waals surface area contributed by atoms with Crippen LogP contribution in [-0.2, 0) is 0 Å². The van der Waals surface area contributed by atoms with Gasteiger partial charge in [0.05, 0.1) is 17.1 Å². The fourth-order valence-electron chi connectivity index (χ4n) is 1.94. The molecule has 2 aromatic rings. The van der Waals surface area contributed by atoms with Gasteiger partial charge in [-0.15, -0.1) is 0 Å². The summed E-state index contributed by atoms with van der Waals surface area (Å²) >= 11 is 0. The van der Waals surface area contributed by atoms with Gasteiger partial charge in [0.25, 0.3) is 5.69 Å². The molecular weight excluding hydrogens is 276 g/mol. The molecule has 0 atom stereocenters. The molecule has 21 heavy (non-hydrogen) atoms. The number of ether oxygens (including phenoxy) is 2. The number of benzene rings is 1. The number of hydrogen-bond acceptors (Lipinski definition) is 7. The SMILES string of the molecule is CNc1cc([N+](=O)[O-])cc(Nc2ccc3c(c2)OCO3)n1. The summed E-state index contributed by atoms with van der Waals surface area (Å²) in [5, 5.41) is 16.7. The molecule has 0 spiro atoms. The van der Waals surface area contributed by atoms with Crippen LogP contribution in [0.4, 0.5) is 23.0 Å². The molecular formula is C13H12N4O4. The molecule has 0 saturated carbocycles. The number of hydrogen-bond donors (Lipinski definition) is 2. The molecule has 8 heteroatoms. The highest BCUT2D eigenvalue weighted by atomic mass is 16.7. The van der Waals surface area contributed by atoms with Gasteiger partial charge in [-0.05, 0) is 12.1 Å². The number of pyridine rings is 1. The summed E-state index contributed by atoms with van der Waals surface area (Å²) in [6.07, 6.45) is 0. The largest absolute Gasteiger partial charge is 0.454 e. The average Bonchev–Trinajstić information content (AvgIpc) is 2.94. The fourth-order valence-corrected chi connectivity index (χ4v) is 1.94. The molecule has 2 N–H and O–H groups in total. The third-order valence-electron chi connectivity index (χ3n) is 2.92. The molecule has 2 heterocycles. The quantitative estimate of drug-likeness (QED) is 0.658. The minimum atomic E-state index is -0.465. The Bertz CT molecular complexity index is 705. The molecule has 1 aromatic carbocycles. The van der Waals surface area contributed by atoms with Crippen LogP contribution in [0.25, 0.3) is 0 Å². The van der Waals surface area contributed by atoms with Crippen LogP contribution in [0.3, 0.4) is 0 Å². The summed E-state index contributed by atoms with van der Waals surface area (Å²) < 4.78 is 10.5. The van der Waals surface area contributed by atoms with Crippen molar-refractivity contribution in [2.45, 2.75) is 0 Å². The van der Waals surface area contributed by atoms with Crippen molar-refractivity contribution in [3.63, 3.8) is 0 Å². The van der Waals surface area contributed by atoms with Crippen LogP contribution in [-0.4, -0.2) is 23.7 Å². The molecule has 1 aliphatic heterocycles. The Balaban J connectivity index is 1.90. The Hall–Kier alpha value is -3.03. The van der Waals surface area contributed by atoms with Crippen LogP contribution >= 0.6 is 0 Å². The monoisotopic (exact) mass is 288 g/mol. The molecule has 0 aliphatic carbocycles. The number of nitrogens with zero attached hydrogens (tertiary/aromatic N) is 2. The molecule has 1 aromatic heterocycles. The van der Waals surface area contributed by atoms with E-state index in [0.29, 0.717) is 28.8 Å². The summed E-state index contributed by atoms with van der Waals surface area (Å²) in [5.41, 5.74) is 0.659. The van der Waals surface area contributed by atoms with Gasteiger partial charge in [0.2, 0.25) is 6.79 Å². The zero-order chi connectivity index (χ0) is 14.8. The Morgan fingerprint density at radius 2 is 1.95 bits per heavy atom. The second kappa shape index (κ2) is 5.16. The highest BCUT2D eigenvalue weighted by Gasteiger charge is 2.15. The molecule has 0 saturated heterocycles. The van der Waals surface area contributed by atoms with Crippen molar-refractivity contribution in [2.75, 3.05) is 24.5 Å². The Morgan fingerprint density at radius 3 is 2.71 bits per heavy atom. The maximum absolute atomic E-state index is 10.9. The topological polar surface area (TPSA) is 98.6 Å². The molecule has 1 aliphatic rings. The van der Waals surface area contributed by atoms with E-state index in [9.17, 15) is 10.1 Å². The second-order valence-electron chi connectivity index (χ2n) is 4.30. The average molecular weight is 288 g/mol. The predicted octanol–water partition coefficient (Wildman–Crippen LogP) is 2.50. The first kappa shape index (κ1) is 13.0. The number of rotatable bonds is 4. The first-order chi connectivity index (χ1) is 10.2. The van der Waals surface area contributed by atoms with Gasteiger partial charge in [-0.2, -0.15) is 0 Å². The van der Waals surface area contributed by atoms with Crippen molar-refractivity contribution in [2.24, 2.45) is 0 Å². The van der Waals surface area contributed by atoms with Gasteiger partial charge in [-0.1, -0.05) is 0 Å². The van der Waals surface area contributed by atoms with Crippen LogP contribution in [0.15, 0.2) is 30.3 Å². The lowest BCUT2D eigenvalue weighted by molar-refractivity contribution is -0.384. The van der Waals surface area contributed by atoms with Crippen LogP contribution in [0.5, 0.6) is 11.5 Å². The van der Waals surface area contributed by atoms with E-state index in [1.54, 1.807) is 25.2 Å². The van der Waals surface area contributed by atoms with E-state index in [-0.39, 0.29) is 12.5 Å². The van der Waals surface area contributed by atoms with Crippen molar-refractivity contribution in [3.05, 3.63) is 40.4 Å². The number of fused-ring (bicyclic) bond motifs is 1. The second-order valence-corrected chi connectivity index (χ2v) is 4.30. The number of nitrogens with one attached hydrogen (secondary N) is 2. The van der Waals surface area contributed by atoms with E-state index >= 15 is 0 Å². The Morgan fingerprint density at radius 1 is 1.19 bits per heavy atom. The molecule has 3 rings (SSSR count). The molecule has 0 radical (unpaired) electrons. The highest BCUT2D eigenvalue weighted by molar-refractivity contribution is 5.65. The van der Waals surface area contributed by atoms with Crippen molar-refractivity contribution >= 4 is 23.0 Å². The summed E-state index contributed by atoms with van der Waals surface area (Å²) in [6, 6.07) is 8.03. The van der Waals surface area contributed by atoms with Gasteiger partial charge in [0.1, 0.15) is 11.6 Å². The van der Waals surface area contributed by atoms with E-state index in [1.165, 1.54) is 12.1 Å². The first-order valence-corrected chi connectivity index (χ1v) is 6.16. The highest BCUT2D eigenvalue weighted by Crippen LogP contribution is 2.35. The predicted molar refractivity (Wildman–Crippen MR) is 76.3 cm³/mol. The van der Waals surface area contributed by atoms with Crippen LogP contribution in [0.2, 0.25) is 0 Å². The lowest BCUT2D eigenvalue weighted by Crippen LogP contribution is -2.00. The standard InChI is InChI=1S/C13H12N4O4/c1-14-12-5-9(17(18)19)6-13(16-12)15-8-2-3-10-11(4-8)21-7-20-10/h2-6H,7H2,1H3,(H2,14,15,16). The molecule has 8 nitrogen and oxygen atoms in total. The van der Waals surface area contributed by atoms with Gasteiger partial charge >= 0.3 is 0 Å². The summed E-state index contributed by atoms with van der Waals surface area (Å²) in [6.45, 7) is 0.192. The number of anilines is 3. The minimum Gasteiger partial charge on any atom is -0.454 e. The lowest BCUT2D eigenvalue weighted by Gasteiger charge is -2.08. The van der Waals surface area contributed by atoms with Crippen molar-refractivity contribution in [3.8, 4) is 11.5 Å². The van der Waals surface area contributed by atoms with Gasteiger partial charge in [-0.25, -0.2) is 4.98 Å². The van der Waals surface area contributed by atoms with E-state index in [1.807, 2.05) is 0 Å². The maximum atomic E-state index is 10.9. The maximum Gasteiger partial charge on any atom is 0.276 e. The molecule has 0 bridgehead atoms. The van der Waals surface area contributed by atoms with Gasteiger partial charge in [-0.3, -0.25) is 10.1 Å². The Labute approximate surface area is 119 Å². The third kappa shape index (κ3) is 2.64. The Kier molecular flexibility index (Phi) is 3.19. The zero-order valence-electron chi connectivity index (χ0n) is 11.1. The zero-order valence-corrected chi connectivity index (χ0v) is 11.1. The smallest absolute Gasteiger partial charge is 0.276 e. The van der Waals surface area contributed by atoms with E-state index < -0.39 is 4.92 Å². The minimum absolute atomic E-state index is 0.0439. The van der Waals surface area contributed by atoms with Crippen LogP contribution in [0, 0.1) is 10.1 Å². The van der Waals surface area contributed by atoms with Gasteiger partial charge in [0.15, 0.2) is 11.5 Å². The van der Waals surface area contributed by atoms with Crippen LogP contribution < -0.4 is 20.1 Å². The number of nitro groups is 1. The fraction of sp³-hybridized carbons (Fsp3) is 0.154. The van der Waals surface area contributed by atoms with E-state index in [4.69, 9.17) is 9.47 Å². The molecule has 0 unspecified atom stereocenters. The molecule has 0 amide bonds. The molecule has 108 valence electrons. The number of aromatic nitrogens is 1. The first-order valence-electron chi connectivity index (χ1n) is 6.16. The van der Waals surface area contributed by atoms with Gasteiger partial charge < -0.3 is 20.1 Å². The van der Waals surface area contributed by atoms with Gasteiger partial charge in [0, 0.05) is 18.8 Å². The normalized spacial score (nSPS) is 12.0. The van der Waals surface area contributed by atoms with E-state index in [2.05, 4.69) is 15.6 Å². The molecule has 0 fully saturated rings. The van der Waals surface area contributed by atoms with E-state index in [0.717, 1.165) is 0 Å². The van der Waals surface area contributed by atoms with Crippen molar-refractivity contribution in [1.82, 2.24) is 4.98 Å². The van der Waals surface area contributed by atoms with Crippen molar-refractivity contribution in [1.29, 1.82) is 0 Å².